The molecule has 0 saturated carbocycles. The van der Waals surface area contributed by atoms with Crippen LogP contribution in [-0.2, 0) is 16.6 Å². The summed E-state index contributed by atoms with van der Waals surface area (Å²) in [5.41, 5.74) is 1.61. The van der Waals surface area contributed by atoms with Crippen molar-refractivity contribution in [2.24, 2.45) is 5.14 Å². The predicted octanol–water partition coefficient (Wildman–Crippen LogP) is 3.26. The zero-order chi connectivity index (χ0) is 16.3. The molecule has 2 rings (SSSR count). The summed E-state index contributed by atoms with van der Waals surface area (Å²) < 4.78 is 27.4. The van der Waals surface area contributed by atoms with E-state index in [4.69, 9.17) is 33.1 Å². The van der Waals surface area contributed by atoms with E-state index in [9.17, 15) is 8.42 Å². The van der Waals surface area contributed by atoms with E-state index in [1.54, 1.807) is 24.3 Å². The lowest BCUT2D eigenvalue weighted by atomic mass is 10.2. The van der Waals surface area contributed by atoms with Gasteiger partial charge in [0.2, 0.25) is 10.0 Å². The number of primary sulfonamides is 1. The monoisotopic (exact) mass is 360 g/mol. The third kappa shape index (κ3) is 4.04. The number of hydrogen-bond acceptors (Lipinski definition) is 4. The van der Waals surface area contributed by atoms with Crippen molar-refractivity contribution in [1.82, 2.24) is 0 Å². The van der Waals surface area contributed by atoms with E-state index in [0.29, 0.717) is 22.3 Å². The van der Waals surface area contributed by atoms with Crippen LogP contribution in [0.25, 0.3) is 0 Å². The predicted molar refractivity (Wildman–Crippen MR) is 88.2 cm³/mol. The molecule has 0 amide bonds. The van der Waals surface area contributed by atoms with Crippen LogP contribution in [0.2, 0.25) is 10.0 Å². The Morgan fingerprint density at radius 3 is 2.14 bits per heavy atom. The third-order valence-corrected chi connectivity index (χ3v) is 4.43. The molecule has 0 aromatic heterocycles. The van der Waals surface area contributed by atoms with Gasteiger partial charge in [0.15, 0.2) is 5.75 Å². The molecule has 0 unspecified atom stereocenters. The van der Waals surface area contributed by atoms with Crippen LogP contribution in [0.15, 0.2) is 41.3 Å². The second kappa shape index (κ2) is 6.75. The molecular formula is C14H14Cl2N2O3S. The molecule has 118 valence electrons. The smallest absolute Gasteiger partial charge is 0.238 e. The molecule has 0 aliphatic heterocycles. The van der Waals surface area contributed by atoms with Crippen LogP contribution < -0.4 is 15.2 Å². The summed E-state index contributed by atoms with van der Waals surface area (Å²) >= 11 is 12.1. The Morgan fingerprint density at radius 1 is 1.14 bits per heavy atom. The van der Waals surface area contributed by atoms with Gasteiger partial charge in [0, 0.05) is 12.2 Å². The summed E-state index contributed by atoms with van der Waals surface area (Å²) in [7, 11) is -2.18. The Morgan fingerprint density at radius 2 is 1.68 bits per heavy atom. The first kappa shape index (κ1) is 16.9. The number of sulfonamides is 1. The lowest BCUT2D eigenvalue weighted by Crippen LogP contribution is -2.12. The van der Waals surface area contributed by atoms with Gasteiger partial charge in [0.25, 0.3) is 0 Å². The van der Waals surface area contributed by atoms with Crippen LogP contribution in [0.5, 0.6) is 5.75 Å². The number of anilines is 1. The van der Waals surface area contributed by atoms with Crippen molar-refractivity contribution in [2.45, 2.75) is 11.4 Å². The van der Waals surface area contributed by atoms with Crippen LogP contribution in [0.3, 0.4) is 0 Å². The van der Waals surface area contributed by atoms with Crippen LogP contribution in [-0.4, -0.2) is 15.5 Å². The quantitative estimate of drug-likeness (QED) is 0.857. The van der Waals surface area contributed by atoms with Gasteiger partial charge < -0.3 is 10.1 Å². The van der Waals surface area contributed by atoms with Crippen LogP contribution in [0.1, 0.15) is 5.56 Å². The molecule has 5 nitrogen and oxygen atoms in total. The molecule has 0 radical (unpaired) electrons. The van der Waals surface area contributed by atoms with Gasteiger partial charge >= 0.3 is 0 Å². The maximum Gasteiger partial charge on any atom is 0.238 e. The minimum absolute atomic E-state index is 0.0635. The van der Waals surface area contributed by atoms with E-state index in [0.717, 1.165) is 11.3 Å². The zero-order valence-electron chi connectivity index (χ0n) is 11.6. The van der Waals surface area contributed by atoms with E-state index in [1.165, 1.54) is 19.2 Å². The van der Waals surface area contributed by atoms with Crippen molar-refractivity contribution < 1.29 is 13.2 Å². The normalized spacial score (nSPS) is 11.3. The summed E-state index contributed by atoms with van der Waals surface area (Å²) in [5.74, 6) is 0.435. The number of nitrogens with two attached hydrogens (primary N) is 1. The number of halogens is 2. The van der Waals surface area contributed by atoms with Crippen molar-refractivity contribution in [3.63, 3.8) is 0 Å². The van der Waals surface area contributed by atoms with Crippen LogP contribution in [0.4, 0.5) is 5.69 Å². The molecule has 0 heterocycles. The highest BCUT2D eigenvalue weighted by molar-refractivity contribution is 7.89. The second-order valence-electron chi connectivity index (χ2n) is 4.52. The fourth-order valence-corrected chi connectivity index (χ4v) is 3.08. The summed E-state index contributed by atoms with van der Waals surface area (Å²) in [6, 6.07) is 9.63. The van der Waals surface area contributed by atoms with E-state index < -0.39 is 10.0 Å². The van der Waals surface area contributed by atoms with Crippen molar-refractivity contribution in [2.75, 3.05) is 12.4 Å². The topological polar surface area (TPSA) is 81.4 Å². The van der Waals surface area contributed by atoms with E-state index in [1.807, 2.05) is 0 Å². The number of rotatable bonds is 5. The van der Waals surface area contributed by atoms with Gasteiger partial charge in [-0.2, -0.15) is 0 Å². The minimum Gasteiger partial charge on any atom is -0.494 e. The standard InChI is InChI=1S/C14H14Cl2N2O3S/c1-21-14-12(15)6-9(7-13(14)16)8-18-10-2-4-11(5-3-10)22(17,19)20/h2-7,18H,8H2,1H3,(H2,17,19,20). The largest absolute Gasteiger partial charge is 0.494 e. The van der Waals surface area contributed by atoms with E-state index in [-0.39, 0.29) is 4.90 Å². The summed E-state index contributed by atoms with van der Waals surface area (Å²) in [4.78, 5) is 0.0635. The summed E-state index contributed by atoms with van der Waals surface area (Å²) in [6.45, 7) is 0.470. The Hall–Kier alpha value is -1.47. The van der Waals surface area contributed by atoms with Gasteiger partial charge in [-0.15, -0.1) is 0 Å². The van der Waals surface area contributed by atoms with Crippen LogP contribution in [0, 0.1) is 0 Å². The van der Waals surface area contributed by atoms with Gasteiger partial charge in [-0.3, -0.25) is 0 Å². The first-order chi connectivity index (χ1) is 10.3. The van der Waals surface area contributed by atoms with Gasteiger partial charge in [0.05, 0.1) is 22.1 Å². The fourth-order valence-electron chi connectivity index (χ4n) is 1.88. The number of benzene rings is 2. The van der Waals surface area contributed by atoms with Crippen molar-refractivity contribution >= 4 is 38.9 Å². The van der Waals surface area contributed by atoms with E-state index >= 15 is 0 Å². The number of hydrogen-bond donors (Lipinski definition) is 2. The molecule has 8 heteroatoms. The molecule has 0 spiro atoms. The Kier molecular flexibility index (Phi) is 5.18. The van der Waals surface area contributed by atoms with Gasteiger partial charge in [-0.1, -0.05) is 23.2 Å². The molecule has 2 aromatic carbocycles. The molecule has 2 aromatic rings. The average Bonchev–Trinajstić information content (AvgIpc) is 2.44. The molecule has 0 atom stereocenters. The molecule has 3 N–H and O–H groups in total. The molecule has 0 aliphatic carbocycles. The molecular weight excluding hydrogens is 347 g/mol. The van der Waals surface area contributed by atoms with Gasteiger partial charge in [0.1, 0.15) is 0 Å². The maximum atomic E-state index is 11.2. The third-order valence-electron chi connectivity index (χ3n) is 2.94. The first-order valence-electron chi connectivity index (χ1n) is 6.20. The second-order valence-corrected chi connectivity index (χ2v) is 6.89. The SMILES string of the molecule is COc1c(Cl)cc(CNc2ccc(S(N)(=O)=O)cc2)cc1Cl. The number of ether oxygens (including phenoxy) is 1. The van der Waals surface area contributed by atoms with Crippen molar-refractivity contribution in [3.05, 3.63) is 52.0 Å². The highest BCUT2D eigenvalue weighted by Crippen LogP contribution is 2.34. The average molecular weight is 361 g/mol. The molecule has 0 fully saturated rings. The molecule has 0 aliphatic rings. The Bertz CT molecular complexity index is 754. The summed E-state index contributed by atoms with van der Waals surface area (Å²) in [5, 5.41) is 9.04. The van der Waals surface area contributed by atoms with Crippen molar-refractivity contribution in [3.8, 4) is 5.75 Å². The highest BCUT2D eigenvalue weighted by Gasteiger charge is 2.09. The van der Waals surface area contributed by atoms with Crippen LogP contribution >= 0.6 is 23.2 Å². The lowest BCUT2D eigenvalue weighted by Gasteiger charge is -2.11. The van der Waals surface area contributed by atoms with E-state index in [2.05, 4.69) is 5.32 Å². The highest BCUT2D eigenvalue weighted by atomic mass is 35.5. The maximum absolute atomic E-state index is 11.2. The summed E-state index contributed by atoms with van der Waals surface area (Å²) in [6.07, 6.45) is 0. The van der Waals surface area contributed by atoms with Gasteiger partial charge in [-0.05, 0) is 42.0 Å². The van der Waals surface area contributed by atoms with Crippen molar-refractivity contribution in [1.29, 1.82) is 0 Å². The minimum atomic E-state index is -3.68. The first-order valence-corrected chi connectivity index (χ1v) is 8.50. The Labute approximate surface area is 139 Å². The van der Waals surface area contributed by atoms with Gasteiger partial charge in [-0.25, -0.2) is 13.6 Å². The number of methoxy groups -OCH3 is 1. The number of nitrogens with one attached hydrogen (secondary N) is 1. The molecule has 0 bridgehead atoms. The lowest BCUT2D eigenvalue weighted by molar-refractivity contribution is 0.415. The zero-order valence-corrected chi connectivity index (χ0v) is 14.0. The molecule has 0 saturated heterocycles. The molecule has 22 heavy (non-hydrogen) atoms. The Balaban J connectivity index is 2.10. The fraction of sp³-hybridized carbons (Fsp3) is 0.143.